The predicted molar refractivity (Wildman–Crippen MR) is 85.1 cm³/mol. The van der Waals surface area contributed by atoms with Gasteiger partial charge < -0.3 is 15.8 Å². The number of carbonyl (C=O) groups excluding carboxylic acids is 1. The molecule has 1 heterocycles. The zero-order valence-electron chi connectivity index (χ0n) is 12.2. The minimum atomic E-state index is -0.401. The van der Waals surface area contributed by atoms with Gasteiger partial charge in [-0.05, 0) is 11.1 Å². The molecule has 22 heavy (non-hydrogen) atoms. The predicted octanol–water partition coefficient (Wildman–Crippen LogP) is 1.29. The Balaban J connectivity index is 1.64. The SMILES string of the molecule is NC(=O)C1=CC2NCC3(C=Cc4ccccc43)COC2C=C1. The van der Waals surface area contributed by atoms with Crippen LogP contribution in [0.3, 0.4) is 0 Å². The van der Waals surface area contributed by atoms with Crippen LogP contribution in [0, 0.1) is 0 Å². The van der Waals surface area contributed by atoms with Crippen molar-refractivity contribution in [2.45, 2.75) is 17.6 Å². The van der Waals surface area contributed by atoms with Gasteiger partial charge in [0.15, 0.2) is 0 Å². The van der Waals surface area contributed by atoms with Gasteiger partial charge in [-0.2, -0.15) is 0 Å². The van der Waals surface area contributed by atoms with E-state index >= 15 is 0 Å². The number of carbonyl (C=O) groups is 1. The van der Waals surface area contributed by atoms with E-state index in [0.717, 1.165) is 6.54 Å². The molecule has 0 saturated carbocycles. The van der Waals surface area contributed by atoms with Gasteiger partial charge in [-0.3, -0.25) is 4.79 Å². The van der Waals surface area contributed by atoms with Gasteiger partial charge >= 0.3 is 0 Å². The highest BCUT2D eigenvalue weighted by atomic mass is 16.5. The molecule has 1 aliphatic heterocycles. The fraction of sp³-hybridized carbons (Fsp3) is 0.278. The Morgan fingerprint density at radius 1 is 1.32 bits per heavy atom. The van der Waals surface area contributed by atoms with Crippen molar-refractivity contribution < 1.29 is 9.53 Å². The van der Waals surface area contributed by atoms with Crippen LogP contribution in [-0.4, -0.2) is 31.2 Å². The second-order valence-corrected chi connectivity index (χ2v) is 6.10. The Kier molecular flexibility index (Phi) is 3.03. The summed E-state index contributed by atoms with van der Waals surface area (Å²) < 4.78 is 6.13. The van der Waals surface area contributed by atoms with Crippen LogP contribution in [-0.2, 0) is 14.9 Å². The molecule has 4 heteroatoms. The summed E-state index contributed by atoms with van der Waals surface area (Å²) in [5.41, 5.74) is 8.32. The van der Waals surface area contributed by atoms with Crippen LogP contribution in [0.4, 0.5) is 0 Å². The molecule has 3 aliphatic rings. The van der Waals surface area contributed by atoms with E-state index in [2.05, 4.69) is 41.7 Å². The van der Waals surface area contributed by atoms with E-state index in [1.54, 1.807) is 6.08 Å². The van der Waals surface area contributed by atoms with E-state index in [0.29, 0.717) is 12.2 Å². The molecule has 1 amide bonds. The number of hydrogen-bond donors (Lipinski definition) is 2. The molecular weight excluding hydrogens is 276 g/mol. The van der Waals surface area contributed by atoms with Gasteiger partial charge in [-0.25, -0.2) is 0 Å². The topological polar surface area (TPSA) is 64.4 Å². The van der Waals surface area contributed by atoms with Crippen molar-refractivity contribution in [2.24, 2.45) is 5.73 Å². The Hall–Kier alpha value is -2.17. The maximum absolute atomic E-state index is 11.4. The van der Waals surface area contributed by atoms with Crippen LogP contribution in [0.5, 0.6) is 0 Å². The zero-order chi connectivity index (χ0) is 15.2. The van der Waals surface area contributed by atoms with Crippen molar-refractivity contribution in [1.29, 1.82) is 0 Å². The van der Waals surface area contributed by atoms with Gasteiger partial charge in [0.25, 0.3) is 0 Å². The van der Waals surface area contributed by atoms with Crippen LogP contribution in [0.25, 0.3) is 6.08 Å². The lowest BCUT2D eigenvalue weighted by atomic mass is 9.83. The van der Waals surface area contributed by atoms with Gasteiger partial charge in [-0.1, -0.05) is 54.6 Å². The average molecular weight is 294 g/mol. The van der Waals surface area contributed by atoms with Gasteiger partial charge in [0.2, 0.25) is 5.91 Å². The first-order valence-electron chi connectivity index (χ1n) is 7.52. The van der Waals surface area contributed by atoms with E-state index in [1.165, 1.54) is 11.1 Å². The molecule has 1 saturated heterocycles. The minimum Gasteiger partial charge on any atom is -0.371 e. The summed E-state index contributed by atoms with van der Waals surface area (Å²) in [4.78, 5) is 11.4. The molecule has 0 bridgehead atoms. The highest BCUT2D eigenvalue weighted by Gasteiger charge is 2.40. The lowest BCUT2D eigenvalue weighted by Gasteiger charge is -2.27. The number of rotatable bonds is 1. The quantitative estimate of drug-likeness (QED) is 0.820. The maximum atomic E-state index is 11.4. The zero-order valence-corrected chi connectivity index (χ0v) is 12.2. The molecule has 0 radical (unpaired) electrons. The van der Waals surface area contributed by atoms with E-state index in [1.807, 2.05) is 12.2 Å². The first-order chi connectivity index (χ1) is 10.7. The Morgan fingerprint density at radius 3 is 3.05 bits per heavy atom. The van der Waals surface area contributed by atoms with E-state index < -0.39 is 5.91 Å². The van der Waals surface area contributed by atoms with Crippen LogP contribution in [0.2, 0.25) is 0 Å². The molecule has 1 spiro atoms. The molecule has 3 atom stereocenters. The van der Waals surface area contributed by atoms with Crippen molar-refractivity contribution in [3.05, 3.63) is 65.3 Å². The normalized spacial score (nSPS) is 32.3. The largest absolute Gasteiger partial charge is 0.371 e. The highest BCUT2D eigenvalue weighted by molar-refractivity contribution is 5.95. The number of nitrogens with one attached hydrogen (secondary N) is 1. The second-order valence-electron chi connectivity index (χ2n) is 6.10. The first-order valence-corrected chi connectivity index (χ1v) is 7.52. The number of hydrogen-bond acceptors (Lipinski definition) is 3. The highest BCUT2D eigenvalue weighted by Crippen LogP contribution is 2.38. The first kappa shape index (κ1) is 13.5. The molecule has 1 aromatic rings. The fourth-order valence-corrected chi connectivity index (χ4v) is 3.47. The number of benzene rings is 1. The monoisotopic (exact) mass is 294 g/mol. The number of nitrogens with two attached hydrogens (primary N) is 1. The molecule has 4 nitrogen and oxygen atoms in total. The summed E-state index contributed by atoms with van der Waals surface area (Å²) in [6.45, 7) is 1.40. The lowest BCUT2D eigenvalue weighted by Crippen LogP contribution is -2.42. The number of primary amides is 1. The van der Waals surface area contributed by atoms with Crippen molar-refractivity contribution in [1.82, 2.24) is 5.32 Å². The smallest absolute Gasteiger partial charge is 0.248 e. The van der Waals surface area contributed by atoms with E-state index in [4.69, 9.17) is 10.5 Å². The molecule has 4 rings (SSSR count). The third-order valence-electron chi connectivity index (χ3n) is 4.73. The summed E-state index contributed by atoms with van der Waals surface area (Å²) in [7, 11) is 0. The van der Waals surface area contributed by atoms with Gasteiger partial charge in [0.1, 0.15) is 0 Å². The number of amides is 1. The minimum absolute atomic E-state index is 0.0203. The molecule has 3 N–H and O–H groups in total. The number of ether oxygens (including phenoxy) is 1. The Labute approximate surface area is 129 Å². The van der Waals surface area contributed by atoms with Gasteiger partial charge in [0, 0.05) is 12.1 Å². The Morgan fingerprint density at radius 2 is 2.18 bits per heavy atom. The third kappa shape index (κ3) is 2.03. The standard InChI is InChI=1S/C18H18N2O2/c19-17(21)13-5-6-16-15(9-13)20-10-18(11-22-16)8-7-12-3-1-2-4-14(12)18/h1-9,15-16,20H,10-11H2,(H2,19,21). The van der Waals surface area contributed by atoms with Crippen LogP contribution < -0.4 is 11.1 Å². The van der Waals surface area contributed by atoms with Crippen LogP contribution in [0.15, 0.2) is 54.1 Å². The molecule has 3 unspecified atom stereocenters. The average Bonchev–Trinajstić information content (AvgIpc) is 2.79. The third-order valence-corrected chi connectivity index (χ3v) is 4.73. The summed E-state index contributed by atoms with van der Waals surface area (Å²) in [6.07, 6.45) is 9.86. The van der Waals surface area contributed by atoms with Crippen LogP contribution in [0.1, 0.15) is 11.1 Å². The van der Waals surface area contributed by atoms with Gasteiger partial charge in [0.05, 0.1) is 24.2 Å². The Bertz CT molecular complexity index is 720. The van der Waals surface area contributed by atoms with Crippen LogP contribution >= 0.6 is 0 Å². The lowest BCUT2D eigenvalue weighted by molar-refractivity contribution is -0.114. The maximum Gasteiger partial charge on any atom is 0.248 e. The fourth-order valence-electron chi connectivity index (χ4n) is 3.47. The second kappa shape index (κ2) is 4.93. The molecule has 112 valence electrons. The summed E-state index contributed by atoms with van der Waals surface area (Å²) in [5.74, 6) is -0.401. The van der Waals surface area contributed by atoms with Crippen molar-refractivity contribution >= 4 is 12.0 Å². The number of fused-ring (bicyclic) bond motifs is 3. The van der Waals surface area contributed by atoms with E-state index in [9.17, 15) is 4.79 Å². The van der Waals surface area contributed by atoms with E-state index in [-0.39, 0.29) is 17.6 Å². The summed E-state index contributed by atoms with van der Waals surface area (Å²) in [6, 6.07) is 8.39. The summed E-state index contributed by atoms with van der Waals surface area (Å²) in [5, 5.41) is 3.53. The van der Waals surface area contributed by atoms with Crippen molar-refractivity contribution in [3.63, 3.8) is 0 Å². The molecule has 1 fully saturated rings. The van der Waals surface area contributed by atoms with Crippen molar-refractivity contribution in [3.8, 4) is 0 Å². The van der Waals surface area contributed by atoms with Gasteiger partial charge in [-0.15, -0.1) is 0 Å². The van der Waals surface area contributed by atoms with Crippen molar-refractivity contribution in [2.75, 3.05) is 13.2 Å². The molecular formula is C18H18N2O2. The molecule has 0 aromatic heterocycles. The summed E-state index contributed by atoms with van der Waals surface area (Å²) >= 11 is 0. The molecule has 1 aromatic carbocycles. The molecule has 2 aliphatic carbocycles.